The molecule has 0 spiro atoms. The van der Waals surface area contributed by atoms with Gasteiger partial charge in [-0.25, -0.2) is 0 Å². The molecule has 2 heterocycles. The molecule has 1 unspecified atom stereocenters. The van der Waals surface area contributed by atoms with Crippen molar-refractivity contribution in [1.82, 2.24) is 5.32 Å². The van der Waals surface area contributed by atoms with E-state index < -0.39 is 110 Å². The van der Waals surface area contributed by atoms with Crippen LogP contribution in [0.2, 0.25) is 0 Å². The third kappa shape index (κ3) is 8.43. The van der Waals surface area contributed by atoms with Crippen molar-refractivity contribution in [2.45, 2.75) is 111 Å². The Morgan fingerprint density at radius 3 is 2.14 bits per heavy atom. The summed E-state index contributed by atoms with van der Waals surface area (Å²) < 4.78 is 23.5. The number of carbonyl (C=O) groups excluding carboxylic acids is 1. The topological polar surface area (TPSA) is 338 Å². The lowest BCUT2D eigenvalue weighted by atomic mass is 9.76. The predicted octanol–water partition coefficient (Wildman–Crippen LogP) is -7.78. The van der Waals surface area contributed by atoms with Crippen LogP contribution < -0.4 is 34.0 Å². The van der Waals surface area contributed by atoms with Gasteiger partial charge in [-0.3, -0.25) is 4.79 Å². The van der Waals surface area contributed by atoms with Crippen LogP contribution in [0, 0.1) is 5.92 Å². The molecule has 2 aliphatic heterocycles. The van der Waals surface area contributed by atoms with E-state index >= 15 is 0 Å². The molecule has 0 aromatic rings. The molecule has 252 valence electrons. The molecule has 18 N–H and O–H groups in total. The molecule has 0 amide bonds. The van der Waals surface area contributed by atoms with Crippen LogP contribution in [-0.4, -0.2) is 166 Å². The third-order valence-corrected chi connectivity index (χ3v) is 8.41. The molecule has 3 rings (SSSR count). The van der Waals surface area contributed by atoms with Crippen molar-refractivity contribution in [2.75, 3.05) is 32.8 Å². The molecule has 2 saturated heterocycles. The number of ether oxygens (including phenoxy) is 4. The maximum atomic E-state index is 12.6. The molecule has 1 aliphatic carbocycles. The average Bonchev–Trinajstić information content (AvgIpc) is 2.99. The number of Topliss-reactive ketones (excluding diaryl/α,β-unsaturated/α-hetero) is 1. The minimum absolute atomic E-state index is 0.0137. The van der Waals surface area contributed by atoms with E-state index in [9.17, 15) is 40.5 Å². The van der Waals surface area contributed by atoms with E-state index in [1.54, 1.807) is 0 Å². The standard InChI is InChI=1S/C25H50N6O12/c26-2-1-3-31-16-20(38)18(36)13(7-28)40-24(16)43-23-10(29)4-9(5-11(33)12(34)6-27)22(21(23)39)42-25-19(37)15(30)17(35)14(8-32)41-25/h9-10,12-25,31-32,34-39H,1-8,26-30H2/t9-,10-,12-,13+,14+,15-,16+,17+,18+,19+,20+,21+,22-,23?,24+,25+/m0/s1. The lowest BCUT2D eigenvalue weighted by molar-refractivity contribution is -0.324. The van der Waals surface area contributed by atoms with Crippen LogP contribution in [0.15, 0.2) is 0 Å². The summed E-state index contributed by atoms with van der Waals surface area (Å²) in [6.45, 7) is -0.436. The fraction of sp³-hybridized carbons (Fsp3) is 0.960. The van der Waals surface area contributed by atoms with Crippen LogP contribution in [0.1, 0.15) is 19.3 Å². The van der Waals surface area contributed by atoms with E-state index in [0.717, 1.165) is 0 Å². The number of nitrogens with two attached hydrogens (primary N) is 5. The van der Waals surface area contributed by atoms with Crippen LogP contribution in [-0.2, 0) is 23.7 Å². The maximum absolute atomic E-state index is 12.6. The van der Waals surface area contributed by atoms with Gasteiger partial charge in [0.1, 0.15) is 54.9 Å². The Kier molecular flexibility index (Phi) is 14.0. The lowest BCUT2D eigenvalue weighted by Gasteiger charge is -2.49. The summed E-state index contributed by atoms with van der Waals surface area (Å²) in [4.78, 5) is 12.6. The molecule has 0 bridgehead atoms. The number of aliphatic hydroxyl groups is 7. The van der Waals surface area contributed by atoms with Crippen molar-refractivity contribution in [1.29, 1.82) is 0 Å². The summed E-state index contributed by atoms with van der Waals surface area (Å²) >= 11 is 0. The highest BCUT2D eigenvalue weighted by Gasteiger charge is 2.52. The number of nitrogens with one attached hydrogen (secondary N) is 1. The van der Waals surface area contributed by atoms with Gasteiger partial charge in [0.15, 0.2) is 18.4 Å². The van der Waals surface area contributed by atoms with Crippen molar-refractivity contribution in [2.24, 2.45) is 34.6 Å². The molecule has 0 radical (unpaired) electrons. The Morgan fingerprint density at radius 1 is 0.884 bits per heavy atom. The first kappa shape index (κ1) is 36.5. The first-order valence-corrected chi connectivity index (χ1v) is 14.6. The van der Waals surface area contributed by atoms with Crippen LogP contribution >= 0.6 is 0 Å². The van der Waals surface area contributed by atoms with Crippen molar-refractivity contribution >= 4 is 5.78 Å². The fourth-order valence-corrected chi connectivity index (χ4v) is 5.80. The van der Waals surface area contributed by atoms with Gasteiger partial charge in [0.05, 0.1) is 24.8 Å². The number of rotatable bonds is 14. The van der Waals surface area contributed by atoms with E-state index in [2.05, 4.69) is 5.32 Å². The van der Waals surface area contributed by atoms with Crippen molar-refractivity contribution in [3.8, 4) is 0 Å². The Labute approximate surface area is 249 Å². The summed E-state index contributed by atoms with van der Waals surface area (Å²) in [5.74, 6) is -1.46. The van der Waals surface area contributed by atoms with Crippen LogP contribution in [0.3, 0.4) is 0 Å². The summed E-state index contributed by atoms with van der Waals surface area (Å²) in [6, 6.07) is -3.18. The van der Waals surface area contributed by atoms with Gasteiger partial charge < -0.3 is 88.7 Å². The number of ketones is 1. The SMILES string of the molecule is NCCCN[C@H]1[C@@H](OC2[C@@H](N)C[C@@H](CC(=O)[C@@H](O)CN)[C@H](O[C@H]3O[C@H](CO)[C@@H](O)[C@H](N)[C@H]3O)[C@H]2O)O[C@H](CN)[C@@H](O)[C@@H]1O. The fourth-order valence-electron chi connectivity index (χ4n) is 5.80. The number of hydrogen-bond acceptors (Lipinski definition) is 18. The van der Waals surface area contributed by atoms with Crippen molar-refractivity contribution in [3.05, 3.63) is 0 Å². The second-order valence-electron chi connectivity index (χ2n) is 11.4. The highest BCUT2D eigenvalue weighted by molar-refractivity contribution is 5.83. The van der Waals surface area contributed by atoms with Gasteiger partial charge in [-0.05, 0) is 31.8 Å². The normalized spacial score (nSPS) is 44.7. The molecule has 3 aliphatic rings. The van der Waals surface area contributed by atoms with Crippen LogP contribution in [0.4, 0.5) is 0 Å². The first-order valence-electron chi connectivity index (χ1n) is 14.6. The Balaban J connectivity index is 1.88. The van der Waals surface area contributed by atoms with Gasteiger partial charge in [-0.15, -0.1) is 0 Å². The van der Waals surface area contributed by atoms with Crippen LogP contribution in [0.5, 0.6) is 0 Å². The summed E-state index contributed by atoms with van der Waals surface area (Å²) in [5, 5.41) is 76.5. The van der Waals surface area contributed by atoms with Gasteiger partial charge in [0, 0.05) is 25.6 Å². The molecule has 16 atom stereocenters. The average molecular weight is 627 g/mol. The Morgan fingerprint density at radius 2 is 1.53 bits per heavy atom. The molecule has 18 heteroatoms. The second kappa shape index (κ2) is 16.5. The van der Waals surface area contributed by atoms with Gasteiger partial charge in [-0.2, -0.15) is 0 Å². The third-order valence-electron chi connectivity index (χ3n) is 8.41. The molecular formula is C25H50N6O12. The molecule has 43 heavy (non-hydrogen) atoms. The quantitative estimate of drug-likeness (QED) is 0.0796. The van der Waals surface area contributed by atoms with E-state index in [-0.39, 0.29) is 25.9 Å². The zero-order valence-corrected chi connectivity index (χ0v) is 24.0. The summed E-state index contributed by atoms with van der Waals surface area (Å²) in [7, 11) is 0. The van der Waals surface area contributed by atoms with Gasteiger partial charge in [-0.1, -0.05) is 0 Å². The van der Waals surface area contributed by atoms with Crippen molar-refractivity contribution in [3.63, 3.8) is 0 Å². The van der Waals surface area contributed by atoms with E-state index in [4.69, 9.17) is 47.6 Å². The predicted molar refractivity (Wildman–Crippen MR) is 147 cm³/mol. The van der Waals surface area contributed by atoms with E-state index in [0.29, 0.717) is 19.5 Å². The zero-order valence-electron chi connectivity index (χ0n) is 24.0. The Bertz CT molecular complexity index is 866. The number of hydrogen-bond donors (Lipinski definition) is 13. The summed E-state index contributed by atoms with van der Waals surface area (Å²) in [5.41, 5.74) is 29.1. The lowest BCUT2D eigenvalue weighted by Crippen LogP contribution is -2.68. The molecule has 0 aromatic carbocycles. The van der Waals surface area contributed by atoms with Crippen molar-refractivity contribution < 1.29 is 59.5 Å². The molecule has 0 aromatic heterocycles. The summed E-state index contributed by atoms with van der Waals surface area (Å²) in [6.07, 6.45) is -16.1. The van der Waals surface area contributed by atoms with Gasteiger partial charge in [0.2, 0.25) is 0 Å². The molecule has 18 nitrogen and oxygen atoms in total. The minimum Gasteiger partial charge on any atom is -0.394 e. The Hall–Kier alpha value is -1.01. The zero-order chi connectivity index (χ0) is 32.0. The number of carbonyl (C=O) groups is 1. The highest BCUT2D eigenvalue weighted by atomic mass is 16.7. The smallest absolute Gasteiger partial charge is 0.186 e. The highest BCUT2D eigenvalue weighted by Crippen LogP contribution is 2.36. The monoisotopic (exact) mass is 626 g/mol. The van der Waals surface area contributed by atoms with E-state index in [1.807, 2.05) is 0 Å². The molecular weight excluding hydrogens is 576 g/mol. The molecule has 3 fully saturated rings. The first-order chi connectivity index (χ1) is 20.4. The second-order valence-corrected chi connectivity index (χ2v) is 11.4. The largest absolute Gasteiger partial charge is 0.394 e. The van der Waals surface area contributed by atoms with E-state index in [1.165, 1.54) is 0 Å². The maximum Gasteiger partial charge on any atom is 0.186 e. The number of aliphatic hydroxyl groups excluding tert-OH is 7. The minimum atomic E-state index is -1.60. The van der Waals surface area contributed by atoms with Gasteiger partial charge >= 0.3 is 0 Å². The van der Waals surface area contributed by atoms with Gasteiger partial charge in [0.25, 0.3) is 0 Å². The molecule has 1 saturated carbocycles. The van der Waals surface area contributed by atoms with Crippen LogP contribution in [0.25, 0.3) is 0 Å².